The second-order valence-electron chi connectivity index (χ2n) is 5.57. The zero-order valence-electron chi connectivity index (χ0n) is 9.83. The maximum absolute atomic E-state index is 12.2. The number of rotatable bonds is 3. The molecule has 0 aromatic heterocycles. The lowest BCUT2D eigenvalue weighted by molar-refractivity contribution is -0.134. The summed E-state index contributed by atoms with van der Waals surface area (Å²) in [5.41, 5.74) is -0.635. The van der Waals surface area contributed by atoms with Gasteiger partial charge in [0, 0.05) is 11.8 Å². The molecule has 2 bridgehead atoms. The molecule has 2 saturated carbocycles. The van der Waals surface area contributed by atoms with Crippen LogP contribution < -0.4 is 0 Å². The largest absolute Gasteiger partial charge is 0.389 e. The Morgan fingerprint density at radius 3 is 2.93 bits per heavy atom. The molecule has 0 radical (unpaired) electrons. The Kier molecular flexibility index (Phi) is 2.89. The Morgan fingerprint density at radius 2 is 2.33 bits per heavy atom. The Hall–Kier alpha value is -0.370. The molecule has 0 spiro atoms. The van der Waals surface area contributed by atoms with E-state index >= 15 is 0 Å². The number of hydrogen-bond donors (Lipinski definition) is 1. The van der Waals surface area contributed by atoms with Crippen LogP contribution in [0.1, 0.15) is 52.4 Å². The van der Waals surface area contributed by atoms with Gasteiger partial charge < -0.3 is 5.11 Å². The Bertz CT molecular complexity index is 261. The van der Waals surface area contributed by atoms with E-state index in [0.29, 0.717) is 11.7 Å². The van der Waals surface area contributed by atoms with E-state index in [1.54, 1.807) is 0 Å². The quantitative estimate of drug-likeness (QED) is 0.777. The highest BCUT2D eigenvalue weighted by atomic mass is 16.3. The summed E-state index contributed by atoms with van der Waals surface area (Å²) in [5.74, 6) is 0.990. The molecule has 2 aliphatic carbocycles. The molecule has 4 atom stereocenters. The van der Waals surface area contributed by atoms with Gasteiger partial charge in [0.25, 0.3) is 0 Å². The molecule has 2 aliphatic rings. The smallest absolute Gasteiger partial charge is 0.141 e. The second-order valence-corrected chi connectivity index (χ2v) is 5.57. The van der Waals surface area contributed by atoms with E-state index in [2.05, 4.69) is 0 Å². The fourth-order valence-electron chi connectivity index (χ4n) is 3.40. The molecule has 2 fully saturated rings. The monoisotopic (exact) mass is 210 g/mol. The predicted octanol–water partition coefficient (Wildman–Crippen LogP) is 2.54. The first kappa shape index (κ1) is 11.1. The lowest BCUT2D eigenvalue weighted by Crippen LogP contribution is -2.40. The van der Waals surface area contributed by atoms with Crippen LogP contribution in [-0.2, 0) is 4.79 Å². The average Bonchev–Trinajstić information content (AvgIpc) is 2.46. The number of Topliss-reactive ketones (excluding diaryl/α,β-unsaturated/α-hetero) is 1. The molecule has 86 valence electrons. The summed E-state index contributed by atoms with van der Waals surface area (Å²) < 4.78 is 0. The van der Waals surface area contributed by atoms with Gasteiger partial charge >= 0.3 is 0 Å². The van der Waals surface area contributed by atoms with E-state index in [1.807, 2.05) is 13.8 Å². The normalized spacial score (nSPS) is 41.5. The summed E-state index contributed by atoms with van der Waals surface area (Å²) in [7, 11) is 0. The molecule has 0 saturated heterocycles. The van der Waals surface area contributed by atoms with Crippen LogP contribution in [0.2, 0.25) is 0 Å². The van der Waals surface area contributed by atoms with Crippen LogP contribution in [0.25, 0.3) is 0 Å². The first-order valence-electron chi connectivity index (χ1n) is 6.33. The number of fused-ring (bicyclic) bond motifs is 2. The van der Waals surface area contributed by atoms with Crippen LogP contribution >= 0.6 is 0 Å². The minimum atomic E-state index is -0.635. The molecule has 0 aromatic carbocycles. The number of aliphatic hydroxyl groups is 1. The van der Waals surface area contributed by atoms with E-state index in [0.717, 1.165) is 32.1 Å². The van der Waals surface area contributed by atoms with Gasteiger partial charge in [-0.15, -0.1) is 0 Å². The average molecular weight is 210 g/mol. The van der Waals surface area contributed by atoms with E-state index in [1.165, 1.54) is 6.42 Å². The minimum Gasteiger partial charge on any atom is -0.389 e. The fourth-order valence-corrected chi connectivity index (χ4v) is 3.40. The number of hydrogen-bond acceptors (Lipinski definition) is 2. The Labute approximate surface area is 92.1 Å². The lowest BCUT2D eigenvalue weighted by atomic mass is 9.78. The molecular weight excluding hydrogens is 188 g/mol. The van der Waals surface area contributed by atoms with Crippen LogP contribution in [0.5, 0.6) is 0 Å². The molecule has 0 aromatic rings. The molecule has 15 heavy (non-hydrogen) atoms. The number of ketones is 1. The third-order valence-electron chi connectivity index (χ3n) is 4.52. The highest BCUT2D eigenvalue weighted by molar-refractivity contribution is 5.84. The molecule has 3 unspecified atom stereocenters. The van der Waals surface area contributed by atoms with Crippen molar-refractivity contribution in [3.8, 4) is 0 Å². The first-order chi connectivity index (χ1) is 7.07. The van der Waals surface area contributed by atoms with Crippen molar-refractivity contribution >= 4 is 5.78 Å². The van der Waals surface area contributed by atoms with Crippen molar-refractivity contribution in [2.45, 2.75) is 58.0 Å². The van der Waals surface area contributed by atoms with Crippen LogP contribution in [-0.4, -0.2) is 16.5 Å². The Balaban J connectivity index is 2.13. The van der Waals surface area contributed by atoms with Gasteiger partial charge in [-0.3, -0.25) is 4.79 Å². The lowest BCUT2D eigenvalue weighted by Gasteiger charge is -2.32. The molecule has 2 nitrogen and oxygen atoms in total. The van der Waals surface area contributed by atoms with E-state index in [-0.39, 0.29) is 11.8 Å². The summed E-state index contributed by atoms with van der Waals surface area (Å²) in [5, 5.41) is 10.5. The third-order valence-corrected chi connectivity index (χ3v) is 4.52. The zero-order valence-corrected chi connectivity index (χ0v) is 9.83. The van der Waals surface area contributed by atoms with Gasteiger partial charge in [-0.2, -0.15) is 0 Å². The van der Waals surface area contributed by atoms with Gasteiger partial charge in [-0.25, -0.2) is 0 Å². The van der Waals surface area contributed by atoms with Gasteiger partial charge in [0.2, 0.25) is 0 Å². The van der Waals surface area contributed by atoms with Crippen molar-refractivity contribution in [2.24, 2.45) is 17.8 Å². The molecule has 0 aliphatic heterocycles. The van der Waals surface area contributed by atoms with Gasteiger partial charge in [-0.05, 0) is 31.6 Å². The topological polar surface area (TPSA) is 37.3 Å². The summed E-state index contributed by atoms with van der Waals surface area (Å²) in [6.45, 7) is 4.04. The number of carbonyl (C=O) groups excluding carboxylic acids is 1. The van der Waals surface area contributed by atoms with Crippen molar-refractivity contribution in [3.63, 3.8) is 0 Å². The Morgan fingerprint density at radius 1 is 1.60 bits per heavy atom. The molecule has 0 amide bonds. The maximum atomic E-state index is 12.2. The standard InChI is InChI=1S/C13H22O2/c1-3-9(2)12(14)11-7-10-5-4-6-13(11,15)8-10/h9-11,15H,3-8H2,1-2H3/t9?,10?,11-,13?/m0/s1. The first-order valence-corrected chi connectivity index (χ1v) is 6.33. The summed E-state index contributed by atoms with van der Waals surface area (Å²) in [6.07, 6.45) is 5.88. The molecule has 2 heteroatoms. The SMILES string of the molecule is CCC(C)C(=O)[C@@H]1CC2CCCC1(O)C2. The molecular formula is C13H22O2. The summed E-state index contributed by atoms with van der Waals surface area (Å²) in [6, 6.07) is 0. The third kappa shape index (κ3) is 1.84. The van der Waals surface area contributed by atoms with E-state index in [9.17, 15) is 9.90 Å². The second kappa shape index (κ2) is 3.89. The molecule has 1 N–H and O–H groups in total. The van der Waals surface area contributed by atoms with E-state index in [4.69, 9.17) is 0 Å². The van der Waals surface area contributed by atoms with Gasteiger partial charge in [-0.1, -0.05) is 26.7 Å². The van der Waals surface area contributed by atoms with Crippen LogP contribution in [0.4, 0.5) is 0 Å². The maximum Gasteiger partial charge on any atom is 0.141 e. The minimum absolute atomic E-state index is 0.0556. The van der Waals surface area contributed by atoms with Crippen LogP contribution in [0.3, 0.4) is 0 Å². The zero-order chi connectivity index (χ0) is 11.1. The van der Waals surface area contributed by atoms with Crippen molar-refractivity contribution in [3.05, 3.63) is 0 Å². The molecule has 2 rings (SSSR count). The van der Waals surface area contributed by atoms with Crippen molar-refractivity contribution < 1.29 is 9.90 Å². The highest BCUT2D eigenvalue weighted by Crippen LogP contribution is 2.49. The highest BCUT2D eigenvalue weighted by Gasteiger charge is 2.51. The van der Waals surface area contributed by atoms with Crippen molar-refractivity contribution in [1.29, 1.82) is 0 Å². The van der Waals surface area contributed by atoms with Crippen molar-refractivity contribution in [2.75, 3.05) is 0 Å². The van der Waals surface area contributed by atoms with Gasteiger partial charge in [0.05, 0.1) is 5.60 Å². The van der Waals surface area contributed by atoms with Gasteiger partial charge in [0.1, 0.15) is 5.78 Å². The van der Waals surface area contributed by atoms with Crippen molar-refractivity contribution in [1.82, 2.24) is 0 Å². The predicted molar refractivity (Wildman–Crippen MR) is 59.5 cm³/mol. The van der Waals surface area contributed by atoms with Crippen LogP contribution in [0, 0.1) is 17.8 Å². The summed E-state index contributed by atoms with van der Waals surface area (Å²) in [4.78, 5) is 12.2. The van der Waals surface area contributed by atoms with Crippen LogP contribution in [0.15, 0.2) is 0 Å². The number of carbonyl (C=O) groups is 1. The summed E-state index contributed by atoms with van der Waals surface area (Å²) >= 11 is 0. The molecule has 0 heterocycles. The van der Waals surface area contributed by atoms with E-state index < -0.39 is 5.60 Å². The van der Waals surface area contributed by atoms with Gasteiger partial charge in [0.15, 0.2) is 0 Å². The fraction of sp³-hybridized carbons (Fsp3) is 0.923.